The van der Waals surface area contributed by atoms with Gasteiger partial charge in [0.05, 0.1) is 16.2 Å². The minimum absolute atomic E-state index is 0.248. The standard InChI is InChI=1S/C17H21ClN6O3S/c1-17(2,22-23-19)14-9-21-16(13-8-20-15(18)7-12(13)14)27-10-5-11(6-10)28(25,26)24(3)4/h7-11H,5-6H2,1-4H3/t10-,11+. The van der Waals surface area contributed by atoms with Crippen molar-refractivity contribution >= 4 is 32.4 Å². The highest BCUT2D eigenvalue weighted by Crippen LogP contribution is 2.38. The fraction of sp³-hybridized carbons (Fsp3) is 0.529. The van der Waals surface area contributed by atoms with Crippen LogP contribution in [0.4, 0.5) is 0 Å². The SMILES string of the molecule is CN(C)S(=O)(=O)[C@H]1C[C@@H](Oc2ncc(C(C)(C)N=[N+]=[N-])c3cc(Cl)ncc23)C1. The van der Waals surface area contributed by atoms with E-state index in [1.165, 1.54) is 18.4 Å². The fourth-order valence-corrected chi connectivity index (χ4v) is 4.82. The van der Waals surface area contributed by atoms with Gasteiger partial charge < -0.3 is 4.74 Å². The molecule has 3 rings (SSSR count). The summed E-state index contributed by atoms with van der Waals surface area (Å²) in [6.45, 7) is 3.56. The number of ether oxygens (including phenoxy) is 1. The second-order valence-electron chi connectivity index (χ2n) is 7.44. The summed E-state index contributed by atoms with van der Waals surface area (Å²) < 4.78 is 31.5. The van der Waals surface area contributed by atoms with E-state index in [0.29, 0.717) is 34.8 Å². The van der Waals surface area contributed by atoms with Crippen molar-refractivity contribution in [3.63, 3.8) is 0 Å². The molecule has 0 aliphatic heterocycles. The molecule has 0 atom stereocenters. The van der Waals surface area contributed by atoms with Crippen molar-refractivity contribution in [3.8, 4) is 5.88 Å². The number of hydrogen-bond donors (Lipinski definition) is 0. The van der Waals surface area contributed by atoms with Crippen molar-refractivity contribution in [2.24, 2.45) is 5.11 Å². The van der Waals surface area contributed by atoms with E-state index in [1.54, 1.807) is 32.3 Å². The third-order valence-electron chi connectivity index (χ3n) is 4.92. The van der Waals surface area contributed by atoms with Crippen molar-refractivity contribution in [1.29, 1.82) is 0 Å². The van der Waals surface area contributed by atoms with Crippen molar-refractivity contribution < 1.29 is 13.2 Å². The van der Waals surface area contributed by atoms with Crippen LogP contribution < -0.4 is 4.74 Å². The van der Waals surface area contributed by atoms with Crippen LogP contribution in [-0.2, 0) is 15.6 Å². The molecule has 2 aromatic heterocycles. The third-order valence-corrected chi connectivity index (χ3v) is 7.37. The third kappa shape index (κ3) is 3.73. The van der Waals surface area contributed by atoms with Crippen molar-refractivity contribution in [2.45, 2.75) is 43.6 Å². The summed E-state index contributed by atoms with van der Waals surface area (Å²) in [7, 11) is -0.237. The first-order valence-corrected chi connectivity index (χ1v) is 10.5. The Kier molecular flexibility index (Phi) is 5.42. The lowest BCUT2D eigenvalue weighted by Gasteiger charge is -2.36. The van der Waals surface area contributed by atoms with E-state index in [1.807, 2.05) is 0 Å². The van der Waals surface area contributed by atoms with Crippen LogP contribution in [-0.4, -0.2) is 48.1 Å². The summed E-state index contributed by atoms with van der Waals surface area (Å²) >= 11 is 6.07. The summed E-state index contributed by atoms with van der Waals surface area (Å²) in [5.74, 6) is 0.352. The zero-order valence-electron chi connectivity index (χ0n) is 16.0. The molecule has 28 heavy (non-hydrogen) atoms. The van der Waals surface area contributed by atoms with Crippen LogP contribution in [0.1, 0.15) is 32.3 Å². The number of sulfonamides is 1. The summed E-state index contributed by atoms with van der Waals surface area (Å²) in [4.78, 5) is 11.4. The van der Waals surface area contributed by atoms with E-state index in [2.05, 4.69) is 20.0 Å². The van der Waals surface area contributed by atoms with Crippen LogP contribution in [0.5, 0.6) is 5.88 Å². The first-order valence-electron chi connectivity index (χ1n) is 8.65. The quantitative estimate of drug-likeness (QED) is 0.303. The molecule has 0 radical (unpaired) electrons. The van der Waals surface area contributed by atoms with Gasteiger partial charge in [-0.2, -0.15) is 0 Å². The van der Waals surface area contributed by atoms with E-state index >= 15 is 0 Å². The summed E-state index contributed by atoms with van der Waals surface area (Å²) in [6.07, 6.45) is 3.70. The maximum absolute atomic E-state index is 12.2. The molecule has 0 aromatic carbocycles. The maximum Gasteiger partial charge on any atom is 0.223 e. The molecule has 150 valence electrons. The molecular formula is C17H21ClN6O3S. The number of nitrogens with zero attached hydrogens (tertiary/aromatic N) is 6. The highest BCUT2D eigenvalue weighted by atomic mass is 35.5. The monoisotopic (exact) mass is 424 g/mol. The summed E-state index contributed by atoms with van der Waals surface area (Å²) in [5, 5.41) is 5.04. The van der Waals surface area contributed by atoms with E-state index in [9.17, 15) is 8.42 Å². The highest BCUT2D eigenvalue weighted by Gasteiger charge is 2.41. The molecule has 2 heterocycles. The molecule has 9 nitrogen and oxygen atoms in total. The van der Waals surface area contributed by atoms with E-state index in [4.69, 9.17) is 21.9 Å². The number of fused-ring (bicyclic) bond motifs is 1. The molecule has 1 saturated carbocycles. The van der Waals surface area contributed by atoms with Crippen molar-refractivity contribution in [2.75, 3.05) is 14.1 Å². The Hall–Kier alpha value is -2.13. The topological polar surface area (TPSA) is 121 Å². The van der Waals surface area contributed by atoms with Gasteiger partial charge in [-0.05, 0) is 22.5 Å². The van der Waals surface area contributed by atoms with Crippen LogP contribution in [0, 0.1) is 0 Å². The van der Waals surface area contributed by atoms with Gasteiger partial charge in [-0.15, -0.1) is 0 Å². The predicted octanol–water partition coefficient (Wildman–Crippen LogP) is 3.63. The lowest BCUT2D eigenvalue weighted by atomic mass is 9.92. The average molecular weight is 425 g/mol. The predicted molar refractivity (Wildman–Crippen MR) is 107 cm³/mol. The largest absolute Gasteiger partial charge is 0.474 e. The molecule has 2 aromatic rings. The normalized spacial score (nSPS) is 19.9. The van der Waals surface area contributed by atoms with Crippen molar-refractivity contribution in [1.82, 2.24) is 14.3 Å². The van der Waals surface area contributed by atoms with Gasteiger partial charge in [0.25, 0.3) is 0 Å². The molecule has 0 saturated heterocycles. The zero-order chi connectivity index (χ0) is 20.7. The van der Waals surface area contributed by atoms with E-state index in [0.717, 1.165) is 5.39 Å². The molecule has 0 spiro atoms. The molecule has 0 bridgehead atoms. The lowest BCUT2D eigenvalue weighted by Crippen LogP contribution is -2.47. The Morgan fingerprint density at radius 3 is 2.57 bits per heavy atom. The zero-order valence-corrected chi connectivity index (χ0v) is 17.6. The van der Waals surface area contributed by atoms with Gasteiger partial charge in [0.15, 0.2) is 0 Å². The number of pyridine rings is 2. The average Bonchev–Trinajstić information content (AvgIpc) is 2.56. The number of halogens is 1. The number of aromatic nitrogens is 2. The van der Waals surface area contributed by atoms with Crippen LogP contribution in [0.3, 0.4) is 0 Å². The van der Waals surface area contributed by atoms with Crippen molar-refractivity contribution in [3.05, 3.63) is 39.6 Å². The Balaban J connectivity index is 1.92. The molecular weight excluding hydrogens is 404 g/mol. The second kappa shape index (κ2) is 7.36. The molecule has 1 fully saturated rings. The Morgan fingerprint density at radius 2 is 1.96 bits per heavy atom. The molecule has 0 unspecified atom stereocenters. The Labute approximate surface area is 168 Å². The smallest absolute Gasteiger partial charge is 0.223 e. The van der Waals surface area contributed by atoms with Crippen LogP contribution in [0.2, 0.25) is 5.15 Å². The minimum atomic E-state index is -3.29. The molecule has 0 N–H and O–H groups in total. The molecule has 11 heteroatoms. The lowest BCUT2D eigenvalue weighted by molar-refractivity contribution is 0.117. The number of azide groups is 1. The Bertz CT molecular complexity index is 1060. The first-order chi connectivity index (χ1) is 13.1. The summed E-state index contributed by atoms with van der Waals surface area (Å²) in [6, 6.07) is 1.68. The van der Waals surface area contributed by atoms with Gasteiger partial charge in [-0.1, -0.05) is 30.6 Å². The Morgan fingerprint density at radius 1 is 1.29 bits per heavy atom. The van der Waals surface area contributed by atoms with Gasteiger partial charge >= 0.3 is 0 Å². The fourth-order valence-electron chi connectivity index (χ4n) is 3.15. The molecule has 1 aliphatic carbocycles. The van der Waals surface area contributed by atoms with Gasteiger partial charge in [-0.3, -0.25) is 0 Å². The van der Waals surface area contributed by atoms with E-state index < -0.39 is 20.8 Å². The van der Waals surface area contributed by atoms with Crippen LogP contribution >= 0.6 is 11.6 Å². The maximum atomic E-state index is 12.2. The van der Waals surface area contributed by atoms with E-state index in [-0.39, 0.29) is 6.10 Å². The minimum Gasteiger partial charge on any atom is -0.474 e. The summed E-state index contributed by atoms with van der Waals surface area (Å²) in [5.41, 5.74) is 8.71. The number of hydrogen-bond acceptors (Lipinski definition) is 6. The second-order valence-corrected chi connectivity index (χ2v) is 10.3. The molecule has 0 amide bonds. The van der Waals surface area contributed by atoms with Crippen LogP contribution in [0.15, 0.2) is 23.6 Å². The highest BCUT2D eigenvalue weighted by molar-refractivity contribution is 7.89. The molecule has 1 aliphatic rings. The van der Waals surface area contributed by atoms with Gasteiger partial charge in [0, 0.05) is 44.2 Å². The number of rotatable bonds is 6. The first kappa shape index (κ1) is 20.6. The van der Waals surface area contributed by atoms with Gasteiger partial charge in [0.1, 0.15) is 11.3 Å². The van der Waals surface area contributed by atoms with Gasteiger partial charge in [-0.25, -0.2) is 22.7 Å². The van der Waals surface area contributed by atoms with Crippen LogP contribution in [0.25, 0.3) is 21.2 Å². The van der Waals surface area contributed by atoms with Gasteiger partial charge in [0.2, 0.25) is 15.9 Å².